The molecule has 0 heterocycles. The number of carbonyl (C=O) groups is 1. The van der Waals surface area contributed by atoms with E-state index < -0.39 is 10.0 Å². The van der Waals surface area contributed by atoms with Crippen molar-refractivity contribution in [1.29, 1.82) is 0 Å². The van der Waals surface area contributed by atoms with E-state index in [1.54, 1.807) is 12.1 Å². The summed E-state index contributed by atoms with van der Waals surface area (Å²) >= 11 is 0. The first-order valence-corrected chi connectivity index (χ1v) is 11.5. The lowest BCUT2D eigenvalue weighted by atomic mass is 10.1. The van der Waals surface area contributed by atoms with E-state index in [0.717, 1.165) is 16.5 Å². The lowest BCUT2D eigenvalue weighted by Crippen LogP contribution is -2.32. The van der Waals surface area contributed by atoms with E-state index in [0.29, 0.717) is 18.7 Å². The fourth-order valence-corrected chi connectivity index (χ4v) is 4.18. The number of hydrogen-bond donors (Lipinski definition) is 1. The van der Waals surface area contributed by atoms with Crippen molar-refractivity contribution < 1.29 is 13.2 Å². The van der Waals surface area contributed by atoms with Gasteiger partial charge in [-0.25, -0.2) is 8.42 Å². The number of amides is 1. The molecule has 0 aliphatic heterocycles. The quantitative estimate of drug-likeness (QED) is 0.610. The number of anilines is 1. The van der Waals surface area contributed by atoms with E-state index in [2.05, 4.69) is 17.4 Å². The first-order chi connectivity index (χ1) is 13.8. The first-order valence-electron chi connectivity index (χ1n) is 9.62. The van der Waals surface area contributed by atoms with E-state index in [1.807, 2.05) is 49.4 Å². The van der Waals surface area contributed by atoms with Crippen LogP contribution in [0.15, 0.2) is 66.7 Å². The molecule has 29 heavy (non-hydrogen) atoms. The number of sulfonamides is 1. The summed E-state index contributed by atoms with van der Waals surface area (Å²) in [6, 6.07) is 21.5. The van der Waals surface area contributed by atoms with Gasteiger partial charge in [0.1, 0.15) is 0 Å². The second-order valence-electron chi connectivity index (χ2n) is 7.23. The summed E-state index contributed by atoms with van der Waals surface area (Å²) in [5.74, 6) is -0.0875. The lowest BCUT2D eigenvalue weighted by Gasteiger charge is -2.22. The smallest absolute Gasteiger partial charge is 0.232 e. The highest BCUT2D eigenvalue weighted by Gasteiger charge is 2.17. The maximum Gasteiger partial charge on any atom is 0.232 e. The van der Waals surface area contributed by atoms with E-state index >= 15 is 0 Å². The minimum absolute atomic E-state index is 0.0875. The Morgan fingerprint density at radius 2 is 1.66 bits per heavy atom. The fourth-order valence-electron chi connectivity index (χ4n) is 3.22. The predicted octanol–water partition coefficient (Wildman–Crippen LogP) is 4.01. The molecule has 0 atom stereocenters. The molecule has 0 spiro atoms. The molecule has 1 amide bonds. The van der Waals surface area contributed by atoms with E-state index in [-0.39, 0.29) is 18.9 Å². The second-order valence-corrected chi connectivity index (χ2v) is 9.14. The molecule has 0 saturated heterocycles. The first kappa shape index (κ1) is 20.9. The van der Waals surface area contributed by atoms with Gasteiger partial charge in [0, 0.05) is 19.5 Å². The normalized spacial score (nSPS) is 11.4. The average molecular weight is 411 g/mol. The molecule has 0 unspecified atom stereocenters. The van der Waals surface area contributed by atoms with Crippen LogP contribution in [-0.2, 0) is 21.4 Å². The molecule has 0 fully saturated rings. The monoisotopic (exact) mass is 410 g/mol. The van der Waals surface area contributed by atoms with Crippen LogP contribution in [0.4, 0.5) is 5.69 Å². The van der Waals surface area contributed by atoms with Crippen LogP contribution in [0.25, 0.3) is 10.8 Å². The molecule has 0 aliphatic carbocycles. The Hall–Kier alpha value is -2.86. The number of nitrogens with one attached hydrogen (secondary N) is 1. The zero-order valence-corrected chi connectivity index (χ0v) is 17.6. The topological polar surface area (TPSA) is 66.5 Å². The van der Waals surface area contributed by atoms with Gasteiger partial charge >= 0.3 is 0 Å². The molecule has 0 saturated carbocycles. The number of nitrogens with zero attached hydrogens (tertiary/aromatic N) is 1. The van der Waals surface area contributed by atoms with Crippen LogP contribution in [0.5, 0.6) is 0 Å². The number of carbonyl (C=O) groups excluding carboxylic acids is 1. The summed E-state index contributed by atoms with van der Waals surface area (Å²) in [4.78, 5) is 12.2. The van der Waals surface area contributed by atoms with Gasteiger partial charge in [0.25, 0.3) is 0 Å². The Bertz CT molecular complexity index is 1090. The number of fused-ring (bicyclic) bond motifs is 1. The molecule has 5 nitrogen and oxygen atoms in total. The van der Waals surface area contributed by atoms with Crippen molar-refractivity contribution in [2.45, 2.75) is 26.3 Å². The summed E-state index contributed by atoms with van der Waals surface area (Å²) in [5, 5.41) is 5.22. The Morgan fingerprint density at radius 1 is 0.966 bits per heavy atom. The van der Waals surface area contributed by atoms with Crippen molar-refractivity contribution in [3.63, 3.8) is 0 Å². The van der Waals surface area contributed by atoms with Gasteiger partial charge in [0.15, 0.2) is 0 Å². The number of benzene rings is 3. The molecule has 3 rings (SSSR count). The third kappa shape index (κ3) is 5.81. The second kappa shape index (κ2) is 9.09. The van der Waals surface area contributed by atoms with Gasteiger partial charge in [-0.15, -0.1) is 0 Å². The minimum atomic E-state index is -3.40. The van der Waals surface area contributed by atoms with Crippen molar-refractivity contribution >= 4 is 32.4 Å². The van der Waals surface area contributed by atoms with Gasteiger partial charge < -0.3 is 5.32 Å². The third-order valence-electron chi connectivity index (χ3n) is 4.79. The lowest BCUT2D eigenvalue weighted by molar-refractivity contribution is -0.121. The van der Waals surface area contributed by atoms with Crippen LogP contribution in [0.3, 0.4) is 0 Å². The summed E-state index contributed by atoms with van der Waals surface area (Å²) in [6.07, 6.45) is 1.91. The summed E-state index contributed by atoms with van der Waals surface area (Å²) in [6.45, 7) is 2.68. The average Bonchev–Trinajstić information content (AvgIpc) is 2.69. The molecule has 3 aromatic carbocycles. The van der Waals surface area contributed by atoms with E-state index in [4.69, 9.17) is 0 Å². The number of hydrogen-bond acceptors (Lipinski definition) is 3. The molecular weight excluding hydrogens is 384 g/mol. The van der Waals surface area contributed by atoms with E-state index in [9.17, 15) is 13.2 Å². The van der Waals surface area contributed by atoms with Gasteiger partial charge in [0.2, 0.25) is 15.9 Å². The van der Waals surface area contributed by atoms with Crippen molar-refractivity contribution in [1.82, 2.24) is 5.32 Å². The Balaban J connectivity index is 1.52. The SMILES string of the molecule is Cc1ccc(N(CCCC(=O)NCc2ccc3ccccc3c2)S(C)(=O)=O)cc1. The van der Waals surface area contributed by atoms with Gasteiger partial charge in [-0.2, -0.15) is 0 Å². The summed E-state index contributed by atoms with van der Waals surface area (Å²) in [7, 11) is -3.40. The van der Waals surface area contributed by atoms with E-state index in [1.165, 1.54) is 15.9 Å². The summed E-state index contributed by atoms with van der Waals surface area (Å²) in [5.41, 5.74) is 2.72. The van der Waals surface area contributed by atoms with Crippen LogP contribution in [-0.4, -0.2) is 27.1 Å². The van der Waals surface area contributed by atoms with Gasteiger partial charge in [0.05, 0.1) is 11.9 Å². The molecule has 152 valence electrons. The van der Waals surface area contributed by atoms with Crippen LogP contribution in [0, 0.1) is 6.92 Å². The number of rotatable bonds is 8. The van der Waals surface area contributed by atoms with Gasteiger partial charge in [-0.05, 0) is 47.9 Å². The van der Waals surface area contributed by atoms with Crippen LogP contribution in [0.2, 0.25) is 0 Å². The molecule has 0 bridgehead atoms. The molecular formula is C23H26N2O3S. The van der Waals surface area contributed by atoms with Crippen molar-refractivity contribution in [2.24, 2.45) is 0 Å². The highest BCUT2D eigenvalue weighted by atomic mass is 32.2. The number of aryl methyl sites for hydroxylation is 1. The minimum Gasteiger partial charge on any atom is -0.352 e. The summed E-state index contributed by atoms with van der Waals surface area (Å²) < 4.78 is 25.6. The van der Waals surface area contributed by atoms with Crippen LogP contribution in [0.1, 0.15) is 24.0 Å². The molecule has 0 radical (unpaired) electrons. The van der Waals surface area contributed by atoms with Crippen molar-refractivity contribution in [3.8, 4) is 0 Å². The van der Waals surface area contributed by atoms with Crippen LogP contribution >= 0.6 is 0 Å². The van der Waals surface area contributed by atoms with Crippen molar-refractivity contribution in [2.75, 3.05) is 17.1 Å². The zero-order valence-electron chi connectivity index (χ0n) is 16.8. The maximum absolute atomic E-state index is 12.2. The molecule has 6 heteroatoms. The molecule has 1 N–H and O–H groups in total. The van der Waals surface area contributed by atoms with Crippen molar-refractivity contribution in [3.05, 3.63) is 77.9 Å². The molecule has 0 aliphatic rings. The van der Waals surface area contributed by atoms with Gasteiger partial charge in [-0.3, -0.25) is 9.10 Å². The standard InChI is InChI=1S/C23H26N2O3S/c1-18-9-13-22(14-10-18)25(29(2,27)28)15-5-8-23(26)24-17-19-11-12-20-6-3-4-7-21(20)16-19/h3-4,6-7,9-14,16H,5,8,15,17H2,1-2H3,(H,24,26). The predicted molar refractivity (Wildman–Crippen MR) is 118 cm³/mol. The largest absolute Gasteiger partial charge is 0.352 e. The fraction of sp³-hybridized carbons (Fsp3) is 0.261. The maximum atomic E-state index is 12.2. The zero-order chi connectivity index (χ0) is 20.9. The Morgan fingerprint density at radius 3 is 2.34 bits per heavy atom. The van der Waals surface area contributed by atoms with Crippen LogP contribution < -0.4 is 9.62 Å². The Labute approximate surface area is 172 Å². The third-order valence-corrected chi connectivity index (χ3v) is 5.98. The molecule has 0 aromatic heterocycles. The Kier molecular flexibility index (Phi) is 6.54. The molecule has 3 aromatic rings. The highest BCUT2D eigenvalue weighted by Crippen LogP contribution is 2.19. The highest BCUT2D eigenvalue weighted by molar-refractivity contribution is 7.92. The van der Waals surface area contributed by atoms with Gasteiger partial charge in [-0.1, -0.05) is 54.1 Å².